The van der Waals surface area contributed by atoms with Crippen molar-refractivity contribution in [3.05, 3.63) is 29.3 Å². The lowest BCUT2D eigenvalue weighted by atomic mass is 10.0. The first-order valence-electron chi connectivity index (χ1n) is 6.71. The lowest BCUT2D eigenvalue weighted by Gasteiger charge is -2.27. The fourth-order valence-corrected chi connectivity index (χ4v) is 2.48. The molecule has 1 aromatic rings. The Hall–Kier alpha value is -1.45. The highest BCUT2D eigenvalue weighted by Crippen LogP contribution is 2.33. The van der Waals surface area contributed by atoms with Gasteiger partial charge in [0.15, 0.2) is 0 Å². The van der Waals surface area contributed by atoms with E-state index in [1.165, 1.54) is 6.07 Å². The highest BCUT2D eigenvalue weighted by molar-refractivity contribution is 7.90. The average molecular weight is 352 g/mol. The van der Waals surface area contributed by atoms with Gasteiger partial charge in [0.1, 0.15) is 4.75 Å². The van der Waals surface area contributed by atoms with Crippen LogP contribution in [-0.2, 0) is 17.5 Å². The van der Waals surface area contributed by atoms with Crippen molar-refractivity contribution in [3.63, 3.8) is 0 Å². The molecule has 3 N–H and O–H groups in total. The Labute approximate surface area is 135 Å². The van der Waals surface area contributed by atoms with E-state index in [0.717, 1.165) is 6.07 Å². The summed E-state index contributed by atoms with van der Waals surface area (Å²) in [6.07, 6.45) is -6.08. The minimum Gasteiger partial charge on any atom is -0.598 e. The molecule has 0 radical (unpaired) electrons. The molecule has 9 heteroatoms. The van der Waals surface area contributed by atoms with E-state index in [2.05, 4.69) is 4.72 Å². The number of carbonyl (C=O) groups is 1. The second-order valence-electron chi connectivity index (χ2n) is 5.99. The summed E-state index contributed by atoms with van der Waals surface area (Å²) in [6, 6.07) is 2.24. The maximum absolute atomic E-state index is 12.9. The molecule has 0 fully saturated rings. The molecule has 5 nitrogen and oxygen atoms in total. The zero-order valence-electron chi connectivity index (χ0n) is 13.1. The van der Waals surface area contributed by atoms with Crippen molar-refractivity contribution in [2.24, 2.45) is 0 Å². The van der Waals surface area contributed by atoms with Gasteiger partial charge in [-0.15, -0.1) is 4.72 Å². The maximum Gasteiger partial charge on any atom is 0.416 e. The molecule has 0 unspecified atom stereocenters. The van der Waals surface area contributed by atoms with Crippen LogP contribution in [0.5, 0.6) is 0 Å². The third-order valence-electron chi connectivity index (χ3n) is 2.87. The van der Waals surface area contributed by atoms with Crippen LogP contribution in [0.25, 0.3) is 0 Å². The molecule has 0 saturated carbocycles. The normalized spacial score (nSPS) is 15.1. The number of alkyl halides is 3. The first kappa shape index (κ1) is 19.6. The van der Waals surface area contributed by atoms with Gasteiger partial charge in [0.25, 0.3) is 0 Å². The monoisotopic (exact) mass is 352 g/mol. The van der Waals surface area contributed by atoms with Crippen molar-refractivity contribution in [3.8, 4) is 0 Å². The smallest absolute Gasteiger partial charge is 0.416 e. The molecule has 0 aromatic heterocycles. The lowest BCUT2D eigenvalue weighted by Crippen LogP contribution is -2.40. The molecular weight excluding hydrogens is 333 g/mol. The third kappa shape index (κ3) is 5.92. The minimum atomic E-state index is -4.62. The number of rotatable bonds is 4. The van der Waals surface area contributed by atoms with E-state index in [1.807, 2.05) is 5.32 Å². The second-order valence-corrected chi connectivity index (χ2v) is 7.99. The van der Waals surface area contributed by atoms with E-state index in [4.69, 9.17) is 5.11 Å². The van der Waals surface area contributed by atoms with Crippen molar-refractivity contribution >= 4 is 23.1 Å². The molecule has 0 bridgehead atoms. The molecule has 0 aliphatic carbocycles. The van der Waals surface area contributed by atoms with Gasteiger partial charge in [-0.2, -0.15) is 13.2 Å². The van der Waals surface area contributed by atoms with Gasteiger partial charge >= 0.3 is 12.3 Å². The molecule has 1 rings (SSSR count). The van der Waals surface area contributed by atoms with Crippen molar-refractivity contribution < 1.29 is 27.6 Å². The Bertz CT molecular complexity index is 573. The first-order valence-corrected chi connectivity index (χ1v) is 7.86. The Morgan fingerprint density at radius 1 is 1.26 bits per heavy atom. The topological polar surface area (TPSA) is 84.4 Å². The van der Waals surface area contributed by atoms with Crippen LogP contribution in [-0.4, -0.2) is 20.5 Å². The zero-order chi connectivity index (χ0) is 18.0. The van der Waals surface area contributed by atoms with Crippen molar-refractivity contribution in [2.75, 3.05) is 5.32 Å². The van der Waals surface area contributed by atoms with Gasteiger partial charge in [-0.3, -0.25) is 5.32 Å². The van der Waals surface area contributed by atoms with Crippen LogP contribution in [0.2, 0.25) is 0 Å². The summed E-state index contributed by atoms with van der Waals surface area (Å²) in [4.78, 5) is 10.7. The summed E-state index contributed by atoms with van der Waals surface area (Å²) in [5.41, 5.74) is -0.993. The van der Waals surface area contributed by atoms with E-state index >= 15 is 0 Å². The average Bonchev–Trinajstić information content (AvgIpc) is 2.35. The van der Waals surface area contributed by atoms with Crippen molar-refractivity contribution in [1.29, 1.82) is 0 Å². The molecule has 2 atom stereocenters. The maximum atomic E-state index is 12.9. The standard InChI is InChI=1S/C14H19F3N2O3S/c1-8(19-23(22)13(2,3)4)9-5-10(14(15,16)17)7-11(6-9)18-12(20)21/h5-8,18-19H,1-4H3,(H,20,21)/t8-,23+/m1/s1. The molecule has 0 aliphatic rings. The van der Waals surface area contributed by atoms with E-state index in [1.54, 1.807) is 27.7 Å². The SMILES string of the molecule is C[C@@H](N[S@@+]([O-])C(C)(C)C)c1cc(NC(=O)O)cc(C(F)(F)F)c1. The molecule has 0 heterocycles. The molecule has 0 saturated heterocycles. The van der Waals surface area contributed by atoms with Crippen molar-refractivity contribution in [1.82, 2.24) is 4.72 Å². The Morgan fingerprint density at radius 2 is 1.83 bits per heavy atom. The summed E-state index contributed by atoms with van der Waals surface area (Å²) in [5.74, 6) is 0. The van der Waals surface area contributed by atoms with Gasteiger partial charge in [-0.05, 0) is 51.5 Å². The number of amides is 1. The number of hydrogen-bond donors (Lipinski definition) is 3. The van der Waals surface area contributed by atoms with E-state index < -0.39 is 40.0 Å². The summed E-state index contributed by atoms with van der Waals surface area (Å²) < 4.78 is 53.0. The quantitative estimate of drug-likeness (QED) is 0.718. The first-order chi connectivity index (χ1) is 10.3. The van der Waals surface area contributed by atoms with E-state index in [-0.39, 0.29) is 11.3 Å². The van der Waals surface area contributed by atoms with Gasteiger partial charge in [0, 0.05) is 17.0 Å². The summed E-state index contributed by atoms with van der Waals surface area (Å²) in [5, 5.41) is 10.6. The number of anilines is 1. The lowest BCUT2D eigenvalue weighted by molar-refractivity contribution is -0.137. The van der Waals surface area contributed by atoms with Crippen molar-refractivity contribution in [2.45, 2.75) is 44.7 Å². The fraction of sp³-hybridized carbons (Fsp3) is 0.500. The summed E-state index contributed by atoms with van der Waals surface area (Å²) in [6.45, 7) is 6.74. The highest BCUT2D eigenvalue weighted by atomic mass is 32.2. The minimum absolute atomic E-state index is 0.182. The second kappa shape index (κ2) is 6.98. The number of benzene rings is 1. The van der Waals surface area contributed by atoms with E-state index in [9.17, 15) is 22.5 Å². The highest BCUT2D eigenvalue weighted by Gasteiger charge is 2.33. The molecule has 130 valence electrons. The van der Waals surface area contributed by atoms with Crippen LogP contribution >= 0.6 is 0 Å². The number of carboxylic acid groups (broad SMARTS) is 1. The largest absolute Gasteiger partial charge is 0.598 e. The van der Waals surface area contributed by atoms with Gasteiger partial charge < -0.3 is 9.66 Å². The molecular formula is C14H19F3N2O3S. The van der Waals surface area contributed by atoms with Crippen LogP contribution in [0.3, 0.4) is 0 Å². The summed E-state index contributed by atoms with van der Waals surface area (Å²) in [7, 11) is 0. The zero-order valence-corrected chi connectivity index (χ0v) is 13.9. The predicted molar refractivity (Wildman–Crippen MR) is 82.5 cm³/mol. The van der Waals surface area contributed by atoms with Crippen LogP contribution < -0.4 is 10.0 Å². The number of nitrogens with one attached hydrogen (secondary N) is 2. The predicted octanol–water partition coefficient (Wildman–Crippen LogP) is 3.91. The van der Waals surface area contributed by atoms with Gasteiger partial charge in [0.2, 0.25) is 0 Å². The number of halogens is 3. The Morgan fingerprint density at radius 3 is 2.26 bits per heavy atom. The Balaban J connectivity index is 3.16. The van der Waals surface area contributed by atoms with Crippen LogP contribution in [0, 0.1) is 0 Å². The fourth-order valence-electron chi connectivity index (χ4n) is 1.67. The van der Waals surface area contributed by atoms with Crippen LogP contribution in [0.4, 0.5) is 23.7 Å². The Kier molecular flexibility index (Phi) is 5.95. The van der Waals surface area contributed by atoms with Crippen LogP contribution in [0.15, 0.2) is 18.2 Å². The molecule has 23 heavy (non-hydrogen) atoms. The molecule has 0 spiro atoms. The van der Waals surface area contributed by atoms with Gasteiger partial charge in [0.05, 0.1) is 11.6 Å². The molecule has 0 aliphatic heterocycles. The summed E-state index contributed by atoms with van der Waals surface area (Å²) >= 11 is -1.48. The van der Waals surface area contributed by atoms with Gasteiger partial charge in [-0.1, -0.05) is 0 Å². The van der Waals surface area contributed by atoms with E-state index in [0.29, 0.717) is 6.07 Å². The number of hydrogen-bond acceptors (Lipinski definition) is 3. The van der Waals surface area contributed by atoms with Gasteiger partial charge in [-0.25, -0.2) is 4.79 Å². The van der Waals surface area contributed by atoms with Crippen LogP contribution in [0.1, 0.15) is 44.9 Å². The molecule has 1 aromatic carbocycles. The molecule has 1 amide bonds. The third-order valence-corrected chi connectivity index (χ3v) is 4.55.